The van der Waals surface area contributed by atoms with Crippen LogP contribution in [0.2, 0.25) is 0 Å². The predicted molar refractivity (Wildman–Crippen MR) is 130 cm³/mol. The summed E-state index contributed by atoms with van der Waals surface area (Å²) in [5, 5.41) is 6.05. The average Bonchev–Trinajstić information content (AvgIpc) is 3.37. The molecule has 5 rings (SSSR count). The zero-order valence-electron chi connectivity index (χ0n) is 18.2. The van der Waals surface area contributed by atoms with Gasteiger partial charge in [-0.15, -0.1) is 23.1 Å². The number of likely N-dealkylation sites (tertiary alicyclic amines) is 1. The summed E-state index contributed by atoms with van der Waals surface area (Å²) < 4.78 is 1.18. The van der Waals surface area contributed by atoms with Gasteiger partial charge in [0, 0.05) is 29.7 Å². The van der Waals surface area contributed by atoms with Gasteiger partial charge in [-0.3, -0.25) is 14.9 Å². The molecule has 0 saturated carbocycles. The first-order chi connectivity index (χ1) is 15.9. The summed E-state index contributed by atoms with van der Waals surface area (Å²) in [6.07, 6.45) is 1.96. The molecule has 2 atom stereocenters. The number of thioether (sulfide) groups is 1. The molecule has 7 nitrogen and oxygen atoms in total. The number of urea groups is 1. The monoisotopic (exact) mass is 480 g/mol. The maximum atomic E-state index is 13.5. The largest absolute Gasteiger partial charge is 0.338 e. The highest BCUT2D eigenvalue weighted by atomic mass is 32.2. The van der Waals surface area contributed by atoms with Gasteiger partial charge in [-0.2, -0.15) is 0 Å². The molecule has 0 spiro atoms. The van der Waals surface area contributed by atoms with E-state index >= 15 is 0 Å². The van der Waals surface area contributed by atoms with Crippen molar-refractivity contribution in [1.29, 1.82) is 0 Å². The lowest BCUT2D eigenvalue weighted by atomic mass is 9.98. The molecule has 3 aromatic rings. The molecule has 2 fully saturated rings. The van der Waals surface area contributed by atoms with Gasteiger partial charge in [-0.05, 0) is 44.0 Å². The van der Waals surface area contributed by atoms with Crippen molar-refractivity contribution >= 4 is 51.2 Å². The van der Waals surface area contributed by atoms with Gasteiger partial charge in [0.05, 0.1) is 20.8 Å². The van der Waals surface area contributed by atoms with E-state index in [4.69, 9.17) is 4.98 Å². The molecule has 2 aliphatic rings. The highest BCUT2D eigenvalue weighted by molar-refractivity contribution is 7.99. The molecule has 2 saturated heterocycles. The molecule has 4 amide bonds. The third-order valence-electron chi connectivity index (χ3n) is 6.12. The van der Waals surface area contributed by atoms with Crippen molar-refractivity contribution in [3.05, 3.63) is 59.1 Å². The number of imide groups is 1. The Balaban J connectivity index is 1.32. The lowest BCUT2D eigenvalue weighted by molar-refractivity contribution is -0.122. The first kappa shape index (κ1) is 21.9. The minimum Gasteiger partial charge on any atom is -0.338 e. The van der Waals surface area contributed by atoms with Crippen molar-refractivity contribution < 1.29 is 14.4 Å². The van der Waals surface area contributed by atoms with Crippen molar-refractivity contribution in [3.8, 4) is 0 Å². The average molecular weight is 481 g/mol. The van der Waals surface area contributed by atoms with Crippen molar-refractivity contribution in [2.45, 2.75) is 36.1 Å². The Kier molecular flexibility index (Phi) is 5.84. The topological polar surface area (TPSA) is 91.4 Å². The molecule has 2 aliphatic heterocycles. The van der Waals surface area contributed by atoms with Crippen molar-refractivity contribution in [2.75, 3.05) is 18.8 Å². The maximum absolute atomic E-state index is 13.5. The Morgan fingerprint density at radius 3 is 2.79 bits per heavy atom. The Morgan fingerprint density at radius 2 is 2.00 bits per heavy atom. The van der Waals surface area contributed by atoms with E-state index in [1.54, 1.807) is 18.3 Å². The fourth-order valence-electron chi connectivity index (χ4n) is 4.27. The van der Waals surface area contributed by atoms with Gasteiger partial charge in [0.2, 0.25) is 0 Å². The molecule has 9 heteroatoms. The van der Waals surface area contributed by atoms with E-state index < -0.39 is 11.6 Å². The van der Waals surface area contributed by atoms with E-state index in [1.165, 1.54) is 16.5 Å². The van der Waals surface area contributed by atoms with E-state index in [0.717, 1.165) is 34.8 Å². The molecule has 33 heavy (non-hydrogen) atoms. The summed E-state index contributed by atoms with van der Waals surface area (Å²) in [6.45, 7) is 3.06. The molecule has 2 N–H and O–H groups in total. The molecular formula is C24H24N4O3S2. The Hall–Kier alpha value is -2.91. The van der Waals surface area contributed by atoms with Crippen LogP contribution in [0.3, 0.4) is 0 Å². The van der Waals surface area contributed by atoms with E-state index in [1.807, 2.05) is 47.4 Å². The SMILES string of the molecule is C[C@]1(CSc2ccccc2C(=O)N2CCC[C@@H](c3nc4ccccc4s3)C2)NC(=O)NC1=O. The van der Waals surface area contributed by atoms with E-state index in [9.17, 15) is 14.4 Å². The number of nitrogens with one attached hydrogen (secondary N) is 2. The second-order valence-corrected chi connectivity index (χ2v) is 10.7. The maximum Gasteiger partial charge on any atom is 0.322 e. The Labute approximate surface area is 200 Å². The normalized spacial score (nSPS) is 22.9. The summed E-state index contributed by atoms with van der Waals surface area (Å²) in [5.74, 6) is 0.215. The van der Waals surface area contributed by atoms with Crippen LogP contribution in [0.1, 0.15) is 41.0 Å². The van der Waals surface area contributed by atoms with Crippen LogP contribution in [0, 0.1) is 0 Å². The number of rotatable bonds is 5. The summed E-state index contributed by atoms with van der Waals surface area (Å²) in [4.78, 5) is 44.7. The Morgan fingerprint density at radius 1 is 1.21 bits per heavy atom. The second kappa shape index (κ2) is 8.79. The first-order valence-electron chi connectivity index (χ1n) is 10.9. The number of fused-ring (bicyclic) bond motifs is 1. The summed E-state index contributed by atoms with van der Waals surface area (Å²) in [6, 6.07) is 15.1. The van der Waals surface area contributed by atoms with E-state index in [-0.39, 0.29) is 17.7 Å². The van der Waals surface area contributed by atoms with Crippen molar-refractivity contribution in [3.63, 3.8) is 0 Å². The predicted octanol–water partition coefficient (Wildman–Crippen LogP) is 4.01. The molecule has 0 radical (unpaired) electrons. The zero-order valence-corrected chi connectivity index (χ0v) is 19.8. The first-order valence-corrected chi connectivity index (χ1v) is 12.7. The highest BCUT2D eigenvalue weighted by Crippen LogP contribution is 2.34. The third-order valence-corrected chi connectivity index (χ3v) is 8.71. The molecular weight excluding hydrogens is 456 g/mol. The number of hydrogen-bond donors (Lipinski definition) is 2. The van der Waals surface area contributed by atoms with Gasteiger partial charge in [0.1, 0.15) is 5.54 Å². The van der Waals surface area contributed by atoms with Gasteiger partial charge in [-0.25, -0.2) is 9.78 Å². The molecule has 0 bridgehead atoms. The number of hydrogen-bond acceptors (Lipinski definition) is 6. The number of carbonyl (C=O) groups is 3. The number of carbonyl (C=O) groups excluding carboxylic acids is 3. The van der Waals surface area contributed by atoms with Gasteiger partial charge in [0.25, 0.3) is 11.8 Å². The van der Waals surface area contributed by atoms with Gasteiger partial charge >= 0.3 is 6.03 Å². The highest BCUT2D eigenvalue weighted by Gasteiger charge is 2.42. The number of para-hydroxylation sites is 1. The van der Waals surface area contributed by atoms with E-state index in [0.29, 0.717) is 17.9 Å². The minimum atomic E-state index is -0.999. The summed E-state index contributed by atoms with van der Waals surface area (Å²) >= 11 is 3.12. The van der Waals surface area contributed by atoms with Gasteiger partial charge < -0.3 is 10.2 Å². The fraction of sp³-hybridized carbons (Fsp3) is 0.333. The Bertz CT molecular complexity index is 1210. The quantitative estimate of drug-likeness (QED) is 0.425. The number of piperidine rings is 1. The summed E-state index contributed by atoms with van der Waals surface area (Å²) in [5.41, 5.74) is 0.640. The second-order valence-electron chi connectivity index (χ2n) is 8.64. The number of amides is 4. The van der Waals surface area contributed by atoms with Crippen LogP contribution in [0.15, 0.2) is 53.4 Å². The van der Waals surface area contributed by atoms with Crippen LogP contribution >= 0.6 is 23.1 Å². The number of benzene rings is 2. The van der Waals surface area contributed by atoms with Crippen LogP contribution < -0.4 is 10.6 Å². The molecule has 2 aromatic carbocycles. The number of aromatic nitrogens is 1. The molecule has 170 valence electrons. The van der Waals surface area contributed by atoms with E-state index in [2.05, 4.69) is 16.7 Å². The van der Waals surface area contributed by atoms with Crippen LogP contribution in [0.25, 0.3) is 10.2 Å². The van der Waals surface area contributed by atoms with Gasteiger partial charge in [-0.1, -0.05) is 24.3 Å². The third kappa shape index (κ3) is 4.35. The molecule has 1 aromatic heterocycles. The molecule has 0 unspecified atom stereocenters. The lowest BCUT2D eigenvalue weighted by Gasteiger charge is -2.32. The number of nitrogens with zero attached hydrogens (tertiary/aromatic N) is 2. The summed E-state index contributed by atoms with van der Waals surface area (Å²) in [7, 11) is 0. The standard InChI is InChI=1S/C24H24N4O3S2/c1-24(22(30)26-23(31)27-24)14-32-18-10-4-2-8-16(18)21(29)28-12-6-7-15(13-28)20-25-17-9-3-5-11-19(17)33-20/h2-5,8-11,15H,6-7,12-14H2,1H3,(H2,26,27,30,31)/t15-,24-/m1/s1. The van der Waals surface area contributed by atoms with Crippen molar-refractivity contribution in [2.24, 2.45) is 0 Å². The zero-order chi connectivity index (χ0) is 23.0. The van der Waals surface area contributed by atoms with Gasteiger partial charge in [0.15, 0.2) is 0 Å². The van der Waals surface area contributed by atoms with Crippen LogP contribution in [-0.4, -0.2) is 52.1 Å². The number of thiazole rings is 1. The minimum absolute atomic E-state index is 0.00558. The lowest BCUT2D eigenvalue weighted by Crippen LogP contribution is -2.46. The molecule has 0 aliphatic carbocycles. The van der Waals surface area contributed by atoms with Crippen molar-refractivity contribution in [1.82, 2.24) is 20.5 Å². The van der Waals surface area contributed by atoms with Crippen LogP contribution in [-0.2, 0) is 4.79 Å². The smallest absolute Gasteiger partial charge is 0.322 e. The fourth-order valence-corrected chi connectivity index (χ4v) is 6.50. The van der Waals surface area contributed by atoms with Crippen LogP contribution in [0.5, 0.6) is 0 Å². The van der Waals surface area contributed by atoms with Crippen LogP contribution in [0.4, 0.5) is 4.79 Å². The molecule has 3 heterocycles.